The number of imidazole rings is 1. The Morgan fingerprint density at radius 1 is 1.08 bits per heavy atom. The quantitative estimate of drug-likeness (QED) is 0.781. The number of nitrogens with one attached hydrogen (secondary N) is 1. The monoisotopic (exact) mass is 346 g/mol. The lowest BCUT2D eigenvalue weighted by Gasteiger charge is -2.06. The van der Waals surface area contributed by atoms with E-state index in [9.17, 15) is 9.59 Å². The Hall–Kier alpha value is -2.60. The second-order valence-corrected chi connectivity index (χ2v) is 5.47. The summed E-state index contributed by atoms with van der Waals surface area (Å²) in [5.41, 5.74) is 3.44. The molecule has 7 heteroatoms. The number of aryl methyl sites for hydroxylation is 2. The molecule has 0 aliphatic heterocycles. The van der Waals surface area contributed by atoms with Crippen LogP contribution in [0.3, 0.4) is 0 Å². The number of benzene rings is 1. The van der Waals surface area contributed by atoms with Gasteiger partial charge in [0.1, 0.15) is 0 Å². The van der Waals surface area contributed by atoms with Gasteiger partial charge < -0.3 is 5.32 Å². The first-order valence-electron chi connectivity index (χ1n) is 7.40. The van der Waals surface area contributed by atoms with Gasteiger partial charge in [0.2, 0.25) is 0 Å². The Kier molecular flexibility index (Phi) is 5.41. The molecule has 0 atom stereocenters. The number of carbonyl (C=O) groups is 1. The minimum atomic E-state index is -0.111. The Bertz CT molecular complexity index is 915. The van der Waals surface area contributed by atoms with Crippen molar-refractivity contribution in [3.8, 4) is 0 Å². The molecule has 2 aromatic heterocycles. The number of amides is 1. The maximum atomic E-state index is 12.0. The van der Waals surface area contributed by atoms with E-state index in [0.717, 1.165) is 16.6 Å². The first kappa shape index (κ1) is 17.7. The Labute approximate surface area is 145 Å². The fourth-order valence-electron chi connectivity index (χ4n) is 2.63. The highest BCUT2D eigenvalue weighted by Gasteiger charge is 2.08. The van der Waals surface area contributed by atoms with E-state index in [1.54, 1.807) is 47.8 Å². The number of hydrogen-bond acceptors (Lipinski definition) is 3. The van der Waals surface area contributed by atoms with Gasteiger partial charge in [0.25, 0.3) is 5.91 Å². The summed E-state index contributed by atoms with van der Waals surface area (Å²) in [5, 5.41) is 2.89. The number of fused-ring (bicyclic) bond motifs is 1. The zero-order chi connectivity index (χ0) is 16.4. The Balaban J connectivity index is 0.00000208. The van der Waals surface area contributed by atoms with Crippen LogP contribution in [0.2, 0.25) is 0 Å². The largest absolute Gasteiger partial charge is 0.352 e. The molecule has 0 unspecified atom stereocenters. The van der Waals surface area contributed by atoms with Crippen LogP contribution in [-0.4, -0.2) is 26.6 Å². The van der Waals surface area contributed by atoms with Crippen LogP contribution in [0.1, 0.15) is 15.9 Å². The van der Waals surface area contributed by atoms with E-state index < -0.39 is 0 Å². The summed E-state index contributed by atoms with van der Waals surface area (Å²) in [7, 11) is 3.53. The minimum absolute atomic E-state index is 0. The molecule has 0 bridgehead atoms. The third-order valence-corrected chi connectivity index (χ3v) is 3.98. The van der Waals surface area contributed by atoms with E-state index in [1.165, 1.54) is 0 Å². The van der Waals surface area contributed by atoms with Crippen molar-refractivity contribution in [3.63, 3.8) is 0 Å². The van der Waals surface area contributed by atoms with Gasteiger partial charge >= 0.3 is 5.69 Å². The van der Waals surface area contributed by atoms with Crippen molar-refractivity contribution in [1.29, 1.82) is 0 Å². The van der Waals surface area contributed by atoms with Crippen LogP contribution in [0.15, 0.2) is 47.5 Å². The second kappa shape index (κ2) is 7.31. The normalized spacial score (nSPS) is 10.4. The molecule has 0 saturated heterocycles. The van der Waals surface area contributed by atoms with E-state index in [-0.39, 0.29) is 24.0 Å². The van der Waals surface area contributed by atoms with Crippen LogP contribution >= 0.6 is 12.4 Å². The summed E-state index contributed by atoms with van der Waals surface area (Å²) in [6, 6.07) is 9.29. The molecule has 6 nitrogen and oxygen atoms in total. The smallest absolute Gasteiger partial charge is 0.328 e. The first-order chi connectivity index (χ1) is 11.1. The Morgan fingerprint density at radius 2 is 1.75 bits per heavy atom. The van der Waals surface area contributed by atoms with Crippen LogP contribution in [-0.2, 0) is 20.5 Å². The van der Waals surface area contributed by atoms with Gasteiger partial charge in [-0.2, -0.15) is 0 Å². The highest BCUT2D eigenvalue weighted by atomic mass is 35.5. The molecule has 1 amide bonds. The van der Waals surface area contributed by atoms with Gasteiger partial charge in [0.15, 0.2) is 0 Å². The van der Waals surface area contributed by atoms with Gasteiger partial charge in [0.05, 0.1) is 11.0 Å². The highest BCUT2D eigenvalue weighted by molar-refractivity contribution is 5.93. The maximum Gasteiger partial charge on any atom is 0.328 e. The summed E-state index contributed by atoms with van der Waals surface area (Å²) in [6.07, 6.45) is 3.90. The molecule has 3 aromatic rings. The maximum absolute atomic E-state index is 12.0. The van der Waals surface area contributed by atoms with Gasteiger partial charge in [0, 0.05) is 38.6 Å². The summed E-state index contributed by atoms with van der Waals surface area (Å²) in [5.74, 6) is -0.111. The molecule has 0 spiro atoms. The van der Waals surface area contributed by atoms with E-state index in [1.807, 2.05) is 18.2 Å². The van der Waals surface area contributed by atoms with E-state index in [0.29, 0.717) is 18.5 Å². The number of hydrogen-bond donors (Lipinski definition) is 1. The second-order valence-electron chi connectivity index (χ2n) is 5.47. The number of pyridine rings is 1. The lowest BCUT2D eigenvalue weighted by molar-refractivity contribution is 0.0954. The molecule has 1 aromatic carbocycles. The molecule has 0 saturated carbocycles. The number of rotatable bonds is 4. The summed E-state index contributed by atoms with van der Waals surface area (Å²) in [6.45, 7) is 0.535. The van der Waals surface area contributed by atoms with Crippen molar-refractivity contribution >= 4 is 29.3 Å². The standard InChI is InChI=1S/C17H18N4O2.ClH/c1-20-14-4-3-12(11-15(14)21(2)17(20)23)5-10-19-16(22)13-6-8-18-9-7-13;/h3-4,6-9,11H,5,10H2,1-2H3,(H,19,22);1H. The fraction of sp³-hybridized carbons (Fsp3) is 0.235. The average Bonchev–Trinajstić information content (AvgIpc) is 2.80. The van der Waals surface area contributed by atoms with Gasteiger partial charge in [-0.15, -0.1) is 12.4 Å². The van der Waals surface area contributed by atoms with Crippen molar-refractivity contribution in [3.05, 3.63) is 64.3 Å². The van der Waals surface area contributed by atoms with E-state index >= 15 is 0 Å². The predicted molar refractivity (Wildman–Crippen MR) is 95.7 cm³/mol. The zero-order valence-electron chi connectivity index (χ0n) is 13.5. The van der Waals surface area contributed by atoms with Crippen LogP contribution in [0.25, 0.3) is 11.0 Å². The molecule has 24 heavy (non-hydrogen) atoms. The van der Waals surface area contributed by atoms with Crippen molar-refractivity contribution < 1.29 is 4.79 Å². The number of aromatic nitrogens is 3. The fourth-order valence-corrected chi connectivity index (χ4v) is 2.63. The molecular weight excluding hydrogens is 328 g/mol. The van der Waals surface area contributed by atoms with Crippen molar-refractivity contribution in [2.45, 2.75) is 6.42 Å². The number of halogens is 1. The van der Waals surface area contributed by atoms with Crippen molar-refractivity contribution in [2.75, 3.05) is 6.54 Å². The van der Waals surface area contributed by atoms with E-state index in [2.05, 4.69) is 10.3 Å². The Morgan fingerprint density at radius 3 is 2.46 bits per heavy atom. The lowest BCUT2D eigenvalue weighted by Crippen LogP contribution is -2.25. The van der Waals surface area contributed by atoms with Gasteiger partial charge in [-0.25, -0.2) is 4.79 Å². The zero-order valence-corrected chi connectivity index (χ0v) is 14.3. The van der Waals surface area contributed by atoms with Gasteiger partial charge in [-0.3, -0.25) is 18.9 Å². The number of nitrogens with zero attached hydrogens (tertiary/aromatic N) is 3. The molecule has 2 heterocycles. The third-order valence-electron chi connectivity index (χ3n) is 3.98. The van der Waals surface area contributed by atoms with Crippen LogP contribution in [0.4, 0.5) is 0 Å². The highest BCUT2D eigenvalue weighted by Crippen LogP contribution is 2.14. The van der Waals surface area contributed by atoms with Gasteiger partial charge in [-0.1, -0.05) is 6.07 Å². The molecule has 3 rings (SSSR count). The predicted octanol–water partition coefficient (Wildman–Crippen LogP) is 1.67. The van der Waals surface area contributed by atoms with Crippen LogP contribution in [0, 0.1) is 0 Å². The molecule has 0 aliphatic carbocycles. The molecular formula is C17H19ClN4O2. The van der Waals surface area contributed by atoms with Crippen LogP contribution in [0.5, 0.6) is 0 Å². The molecule has 0 radical (unpaired) electrons. The van der Waals surface area contributed by atoms with Crippen molar-refractivity contribution in [2.24, 2.45) is 14.1 Å². The summed E-state index contributed by atoms with van der Waals surface area (Å²) in [4.78, 5) is 27.8. The SMILES string of the molecule is Cl.Cn1c(=O)n(C)c2cc(CCNC(=O)c3ccncc3)ccc21. The minimum Gasteiger partial charge on any atom is -0.352 e. The number of carbonyl (C=O) groups excluding carboxylic acids is 1. The molecule has 126 valence electrons. The summed E-state index contributed by atoms with van der Waals surface area (Å²) >= 11 is 0. The molecule has 1 N–H and O–H groups in total. The van der Waals surface area contributed by atoms with Gasteiger partial charge in [-0.05, 0) is 36.2 Å². The van der Waals surface area contributed by atoms with Crippen molar-refractivity contribution in [1.82, 2.24) is 19.4 Å². The third kappa shape index (κ3) is 3.33. The summed E-state index contributed by atoms with van der Waals surface area (Å²) < 4.78 is 3.26. The topological polar surface area (TPSA) is 68.9 Å². The first-order valence-corrected chi connectivity index (χ1v) is 7.40. The van der Waals surface area contributed by atoms with E-state index in [4.69, 9.17) is 0 Å². The molecule has 0 aliphatic rings. The molecule has 0 fully saturated rings. The van der Waals surface area contributed by atoms with Crippen LogP contribution < -0.4 is 11.0 Å². The lowest BCUT2D eigenvalue weighted by atomic mass is 10.1. The average molecular weight is 347 g/mol.